The molecule has 8 heteroatoms. The molecule has 0 aliphatic carbocycles. The first kappa shape index (κ1) is 18.1. The zero-order valence-corrected chi connectivity index (χ0v) is 15.3. The number of aromatic nitrogens is 2. The van der Waals surface area contributed by atoms with Gasteiger partial charge in [-0.15, -0.1) is 0 Å². The van der Waals surface area contributed by atoms with E-state index in [1.54, 1.807) is 24.0 Å². The summed E-state index contributed by atoms with van der Waals surface area (Å²) in [4.78, 5) is 16.7. The van der Waals surface area contributed by atoms with Crippen LogP contribution in [-0.2, 0) is 21.8 Å². The molecule has 7 nitrogen and oxygen atoms in total. The van der Waals surface area contributed by atoms with E-state index in [9.17, 15) is 13.2 Å². The Bertz CT molecular complexity index is 1070. The van der Waals surface area contributed by atoms with E-state index in [-0.39, 0.29) is 6.61 Å². The van der Waals surface area contributed by atoms with E-state index >= 15 is 0 Å². The topological polar surface area (TPSA) is 104 Å². The molecular weight excluding hydrogens is 354 g/mol. The standard InChI is InChI=1S/C18H19N3O4S/c1-12-3-4-15-14(11-12)16(13-5-7-20-8-6-13)17(21(15)2)18(22)25-9-10-26(19,23)24/h3-8,11H,9-10H2,1-2H3,(H2,19,23,24). The molecule has 0 spiro atoms. The number of benzene rings is 1. The lowest BCUT2D eigenvalue weighted by Crippen LogP contribution is -2.22. The lowest BCUT2D eigenvalue weighted by Gasteiger charge is -2.08. The van der Waals surface area contributed by atoms with E-state index in [0.717, 1.165) is 27.6 Å². The molecule has 2 N–H and O–H groups in total. The molecule has 0 fully saturated rings. The van der Waals surface area contributed by atoms with Gasteiger partial charge < -0.3 is 9.30 Å². The van der Waals surface area contributed by atoms with E-state index in [1.165, 1.54) is 0 Å². The Labute approximate surface area is 151 Å². The first-order valence-corrected chi connectivity index (χ1v) is 9.66. The van der Waals surface area contributed by atoms with Gasteiger partial charge in [0.25, 0.3) is 0 Å². The second-order valence-electron chi connectivity index (χ2n) is 6.04. The fraction of sp³-hybridized carbons (Fsp3) is 0.222. The van der Waals surface area contributed by atoms with Crippen LogP contribution in [0.15, 0.2) is 42.7 Å². The van der Waals surface area contributed by atoms with Crippen LogP contribution in [-0.4, -0.2) is 36.3 Å². The Kier molecular flexibility index (Phi) is 4.80. The van der Waals surface area contributed by atoms with Crippen molar-refractivity contribution in [3.63, 3.8) is 0 Å². The number of sulfonamides is 1. The Balaban J connectivity index is 2.12. The second-order valence-corrected chi connectivity index (χ2v) is 7.78. The average Bonchev–Trinajstić information content (AvgIpc) is 2.86. The van der Waals surface area contributed by atoms with Crippen LogP contribution in [0.1, 0.15) is 16.1 Å². The molecule has 0 saturated carbocycles. The second kappa shape index (κ2) is 6.89. The van der Waals surface area contributed by atoms with Crippen molar-refractivity contribution in [1.29, 1.82) is 0 Å². The first-order valence-electron chi connectivity index (χ1n) is 7.95. The number of carbonyl (C=O) groups excluding carboxylic acids is 1. The minimum Gasteiger partial charge on any atom is -0.460 e. The van der Waals surface area contributed by atoms with E-state index in [2.05, 4.69) is 4.98 Å². The van der Waals surface area contributed by atoms with E-state index in [4.69, 9.17) is 9.88 Å². The van der Waals surface area contributed by atoms with Gasteiger partial charge in [0.05, 0.1) is 5.75 Å². The predicted octanol–water partition coefficient (Wildman–Crippen LogP) is 1.99. The van der Waals surface area contributed by atoms with Crippen LogP contribution in [0.2, 0.25) is 0 Å². The number of pyridine rings is 1. The molecule has 1 aromatic carbocycles. The fourth-order valence-corrected chi connectivity index (χ4v) is 3.24. The maximum atomic E-state index is 12.7. The van der Waals surface area contributed by atoms with Crippen molar-refractivity contribution < 1.29 is 17.9 Å². The van der Waals surface area contributed by atoms with Crippen LogP contribution in [0.3, 0.4) is 0 Å². The lowest BCUT2D eigenvalue weighted by atomic mass is 10.0. The van der Waals surface area contributed by atoms with Crippen molar-refractivity contribution in [2.24, 2.45) is 12.2 Å². The highest BCUT2D eigenvalue weighted by atomic mass is 32.2. The largest absolute Gasteiger partial charge is 0.460 e. The van der Waals surface area contributed by atoms with Crippen molar-refractivity contribution >= 4 is 26.9 Å². The summed E-state index contributed by atoms with van der Waals surface area (Å²) in [5.74, 6) is -1.02. The van der Waals surface area contributed by atoms with Gasteiger partial charge >= 0.3 is 5.97 Å². The van der Waals surface area contributed by atoms with Crippen molar-refractivity contribution in [1.82, 2.24) is 9.55 Å². The normalized spacial score (nSPS) is 11.7. The molecule has 2 aromatic heterocycles. The number of carbonyl (C=O) groups is 1. The lowest BCUT2D eigenvalue weighted by molar-refractivity contribution is 0.0519. The number of ether oxygens (including phenoxy) is 1. The SMILES string of the molecule is Cc1ccc2c(c1)c(-c1ccncc1)c(C(=O)OCCS(N)(=O)=O)n2C. The summed E-state index contributed by atoms with van der Waals surface area (Å²) in [5.41, 5.74) is 3.85. The number of esters is 1. The van der Waals surface area contributed by atoms with Crippen LogP contribution in [0.25, 0.3) is 22.0 Å². The van der Waals surface area contributed by atoms with E-state index < -0.39 is 21.7 Å². The van der Waals surface area contributed by atoms with Gasteiger partial charge in [-0.25, -0.2) is 18.4 Å². The van der Waals surface area contributed by atoms with Crippen LogP contribution >= 0.6 is 0 Å². The van der Waals surface area contributed by atoms with Crippen molar-refractivity contribution in [3.05, 3.63) is 54.0 Å². The van der Waals surface area contributed by atoms with Gasteiger partial charge in [-0.3, -0.25) is 4.98 Å². The third-order valence-electron chi connectivity index (χ3n) is 4.12. The maximum Gasteiger partial charge on any atom is 0.355 e. The fourth-order valence-electron chi connectivity index (χ4n) is 2.93. The van der Waals surface area contributed by atoms with Gasteiger partial charge in [0.15, 0.2) is 0 Å². The van der Waals surface area contributed by atoms with Crippen LogP contribution in [0, 0.1) is 6.92 Å². The number of nitrogens with two attached hydrogens (primary N) is 1. The van der Waals surface area contributed by atoms with Crippen LogP contribution in [0.5, 0.6) is 0 Å². The quantitative estimate of drug-likeness (QED) is 0.689. The van der Waals surface area contributed by atoms with Gasteiger partial charge in [0.1, 0.15) is 12.3 Å². The molecule has 0 aliphatic heterocycles. The maximum absolute atomic E-state index is 12.7. The predicted molar refractivity (Wildman–Crippen MR) is 99.1 cm³/mol. The Hall–Kier alpha value is -2.71. The monoisotopic (exact) mass is 373 g/mol. The summed E-state index contributed by atoms with van der Waals surface area (Å²) < 4.78 is 29.0. The molecule has 0 atom stereocenters. The highest BCUT2D eigenvalue weighted by Gasteiger charge is 2.24. The molecule has 0 amide bonds. The molecule has 0 saturated heterocycles. The zero-order chi connectivity index (χ0) is 18.9. The minimum absolute atomic E-state index is 0.298. The molecule has 0 radical (unpaired) electrons. The number of rotatable bonds is 5. The Morgan fingerprint density at radius 3 is 2.58 bits per heavy atom. The number of hydrogen-bond donors (Lipinski definition) is 1. The van der Waals surface area contributed by atoms with E-state index in [1.807, 2.05) is 37.3 Å². The van der Waals surface area contributed by atoms with Crippen LogP contribution < -0.4 is 5.14 Å². The smallest absolute Gasteiger partial charge is 0.355 e. The summed E-state index contributed by atoms with van der Waals surface area (Å²) in [6.07, 6.45) is 3.31. The summed E-state index contributed by atoms with van der Waals surface area (Å²) >= 11 is 0. The molecule has 136 valence electrons. The Morgan fingerprint density at radius 1 is 1.23 bits per heavy atom. The number of hydrogen-bond acceptors (Lipinski definition) is 5. The van der Waals surface area contributed by atoms with Gasteiger partial charge in [0.2, 0.25) is 10.0 Å². The summed E-state index contributed by atoms with van der Waals surface area (Å²) in [7, 11) is -1.92. The van der Waals surface area contributed by atoms with Gasteiger partial charge in [-0.05, 0) is 36.8 Å². The van der Waals surface area contributed by atoms with Crippen molar-refractivity contribution in [2.45, 2.75) is 6.92 Å². The highest BCUT2D eigenvalue weighted by molar-refractivity contribution is 7.89. The van der Waals surface area contributed by atoms with Gasteiger partial charge in [0, 0.05) is 35.9 Å². The summed E-state index contributed by atoms with van der Waals surface area (Å²) in [6, 6.07) is 9.55. The minimum atomic E-state index is -3.70. The summed E-state index contributed by atoms with van der Waals surface area (Å²) in [5, 5.41) is 5.87. The zero-order valence-electron chi connectivity index (χ0n) is 14.5. The average molecular weight is 373 g/mol. The van der Waals surface area contributed by atoms with Crippen LogP contribution in [0.4, 0.5) is 0 Å². The first-order chi connectivity index (χ1) is 12.3. The van der Waals surface area contributed by atoms with Crippen molar-refractivity contribution in [3.8, 4) is 11.1 Å². The molecule has 3 rings (SSSR count). The van der Waals surface area contributed by atoms with Gasteiger partial charge in [-0.2, -0.15) is 0 Å². The Morgan fingerprint density at radius 2 is 1.92 bits per heavy atom. The molecule has 0 unspecified atom stereocenters. The molecular formula is C18H19N3O4S. The molecule has 0 aliphatic rings. The third kappa shape index (κ3) is 3.61. The highest BCUT2D eigenvalue weighted by Crippen LogP contribution is 2.35. The number of nitrogens with zero attached hydrogens (tertiary/aromatic N) is 2. The molecule has 0 bridgehead atoms. The molecule has 26 heavy (non-hydrogen) atoms. The molecule has 2 heterocycles. The summed E-state index contributed by atoms with van der Waals surface area (Å²) in [6.45, 7) is 1.68. The number of aryl methyl sites for hydroxylation is 2. The third-order valence-corrected chi connectivity index (χ3v) is 4.85. The van der Waals surface area contributed by atoms with E-state index in [0.29, 0.717) is 5.69 Å². The van der Waals surface area contributed by atoms with Gasteiger partial charge in [-0.1, -0.05) is 11.6 Å². The van der Waals surface area contributed by atoms with Crippen molar-refractivity contribution in [2.75, 3.05) is 12.4 Å². The number of primary sulfonamides is 1. The number of fused-ring (bicyclic) bond motifs is 1. The molecule has 3 aromatic rings.